The summed E-state index contributed by atoms with van der Waals surface area (Å²) in [5.74, 6) is 1.32. The predicted octanol–water partition coefficient (Wildman–Crippen LogP) is 5.16. The van der Waals surface area contributed by atoms with Crippen LogP contribution in [0.4, 0.5) is 5.13 Å². The summed E-state index contributed by atoms with van der Waals surface area (Å²) in [5, 5.41) is 3.33. The van der Waals surface area contributed by atoms with E-state index in [0.29, 0.717) is 5.13 Å². The van der Waals surface area contributed by atoms with E-state index in [-0.39, 0.29) is 5.91 Å². The number of nitrogens with zero attached hydrogens (tertiary/aromatic N) is 1. The van der Waals surface area contributed by atoms with Gasteiger partial charge in [-0.3, -0.25) is 10.1 Å². The molecule has 1 aromatic heterocycles. The molecule has 0 saturated carbocycles. The molecule has 0 aliphatic heterocycles. The molecule has 5 heteroatoms. The molecule has 0 aliphatic carbocycles. The number of anilines is 1. The summed E-state index contributed by atoms with van der Waals surface area (Å²) in [7, 11) is 0. The third-order valence-electron chi connectivity index (χ3n) is 3.12. The zero-order valence-corrected chi connectivity index (χ0v) is 13.9. The molecule has 0 unspecified atom stereocenters. The van der Waals surface area contributed by atoms with E-state index in [2.05, 4.69) is 10.3 Å². The van der Waals surface area contributed by atoms with Crippen LogP contribution in [0.15, 0.2) is 72.8 Å². The number of carbonyl (C=O) groups is 1. The van der Waals surface area contributed by atoms with Crippen LogP contribution >= 0.6 is 11.3 Å². The minimum absolute atomic E-state index is 0.201. The number of carbonyl (C=O) groups excluding carboxylic acids is 1. The van der Waals surface area contributed by atoms with Crippen LogP contribution in [0, 0.1) is 0 Å². The maximum Gasteiger partial charge on any atom is 0.250 e. The van der Waals surface area contributed by atoms with Crippen molar-refractivity contribution in [3.05, 3.63) is 72.8 Å². The fourth-order valence-corrected chi connectivity index (χ4v) is 2.94. The highest BCUT2D eigenvalue weighted by molar-refractivity contribution is 7.22. The Labute approximate surface area is 144 Å². The number of thiazole rings is 1. The number of hydrogen-bond donors (Lipinski definition) is 1. The highest BCUT2D eigenvalue weighted by Gasteiger charge is 2.07. The smallest absolute Gasteiger partial charge is 0.250 e. The number of aromatic nitrogens is 1. The summed E-state index contributed by atoms with van der Waals surface area (Å²) in [6.45, 7) is 1.89. The van der Waals surface area contributed by atoms with Gasteiger partial charge in [0.15, 0.2) is 5.13 Å². The standard InChI is InChI=1S/C19H16N2O2S/c1-2-3-5-10-18(22)21-19-20-16-12-11-15(13-17(16)24-19)23-14-8-6-4-7-9-14/h2-13H,1H3,(H,20,21,22)/b3-2+,10-5+. The molecule has 3 rings (SSSR count). The van der Waals surface area contributed by atoms with Crippen molar-refractivity contribution >= 4 is 32.6 Å². The van der Waals surface area contributed by atoms with Crippen molar-refractivity contribution in [2.45, 2.75) is 6.92 Å². The Kier molecular flexibility index (Phi) is 5.03. The van der Waals surface area contributed by atoms with E-state index in [0.717, 1.165) is 21.7 Å². The number of benzene rings is 2. The van der Waals surface area contributed by atoms with Gasteiger partial charge in [0.05, 0.1) is 10.2 Å². The minimum Gasteiger partial charge on any atom is -0.457 e. The summed E-state index contributed by atoms with van der Waals surface area (Å²) < 4.78 is 6.77. The van der Waals surface area contributed by atoms with E-state index >= 15 is 0 Å². The molecule has 24 heavy (non-hydrogen) atoms. The van der Waals surface area contributed by atoms with Gasteiger partial charge in [0.2, 0.25) is 5.91 Å². The van der Waals surface area contributed by atoms with Crippen LogP contribution in [0.5, 0.6) is 11.5 Å². The summed E-state index contributed by atoms with van der Waals surface area (Å²) in [6, 6.07) is 15.3. The molecule has 3 aromatic rings. The monoisotopic (exact) mass is 336 g/mol. The maximum absolute atomic E-state index is 11.8. The molecule has 1 heterocycles. The van der Waals surface area contributed by atoms with Gasteiger partial charge in [-0.1, -0.05) is 47.8 Å². The van der Waals surface area contributed by atoms with Crippen LogP contribution < -0.4 is 10.1 Å². The maximum atomic E-state index is 11.8. The molecule has 120 valence electrons. The third kappa shape index (κ3) is 4.08. The first-order valence-electron chi connectivity index (χ1n) is 7.48. The zero-order valence-electron chi connectivity index (χ0n) is 13.1. The molecule has 0 spiro atoms. The van der Waals surface area contributed by atoms with Gasteiger partial charge >= 0.3 is 0 Å². The first kappa shape index (κ1) is 16.0. The van der Waals surface area contributed by atoms with E-state index in [1.54, 1.807) is 12.2 Å². The van der Waals surface area contributed by atoms with E-state index in [4.69, 9.17) is 4.74 Å². The summed E-state index contributed by atoms with van der Waals surface area (Å²) in [4.78, 5) is 16.2. The lowest BCUT2D eigenvalue weighted by Gasteiger charge is -2.04. The van der Waals surface area contributed by atoms with Gasteiger partial charge in [0.25, 0.3) is 0 Å². The summed E-state index contributed by atoms with van der Waals surface area (Å²) in [6.07, 6.45) is 6.81. The molecule has 0 saturated heterocycles. The average Bonchev–Trinajstić information content (AvgIpc) is 2.97. The number of allylic oxidation sites excluding steroid dienone is 3. The van der Waals surface area contributed by atoms with Crippen molar-refractivity contribution in [3.8, 4) is 11.5 Å². The van der Waals surface area contributed by atoms with Crippen LogP contribution in [0.2, 0.25) is 0 Å². The molecule has 1 N–H and O–H groups in total. The van der Waals surface area contributed by atoms with Crippen LogP contribution in [0.25, 0.3) is 10.2 Å². The lowest BCUT2D eigenvalue weighted by molar-refractivity contribution is -0.111. The zero-order chi connectivity index (χ0) is 16.8. The molecule has 0 radical (unpaired) electrons. The Bertz CT molecular complexity index is 898. The number of ether oxygens (including phenoxy) is 1. The van der Waals surface area contributed by atoms with Crippen molar-refractivity contribution < 1.29 is 9.53 Å². The van der Waals surface area contributed by atoms with E-state index in [1.807, 2.05) is 61.5 Å². The fraction of sp³-hybridized carbons (Fsp3) is 0.0526. The molecule has 1 amide bonds. The molecule has 0 bridgehead atoms. The van der Waals surface area contributed by atoms with Gasteiger partial charge in [0, 0.05) is 12.1 Å². The summed E-state index contributed by atoms with van der Waals surface area (Å²) >= 11 is 1.41. The molecule has 0 fully saturated rings. The minimum atomic E-state index is -0.201. The average molecular weight is 336 g/mol. The van der Waals surface area contributed by atoms with Gasteiger partial charge in [-0.25, -0.2) is 4.98 Å². The molecule has 0 atom stereocenters. The van der Waals surface area contributed by atoms with Crippen molar-refractivity contribution in [1.82, 2.24) is 4.98 Å². The third-order valence-corrected chi connectivity index (χ3v) is 4.05. The number of para-hydroxylation sites is 1. The highest BCUT2D eigenvalue weighted by Crippen LogP contribution is 2.31. The van der Waals surface area contributed by atoms with Crippen LogP contribution in [-0.2, 0) is 4.79 Å². The Morgan fingerprint density at radius 2 is 1.96 bits per heavy atom. The van der Waals surface area contributed by atoms with E-state index in [1.165, 1.54) is 17.4 Å². The van der Waals surface area contributed by atoms with Gasteiger partial charge < -0.3 is 4.74 Å². The van der Waals surface area contributed by atoms with Crippen molar-refractivity contribution in [3.63, 3.8) is 0 Å². The predicted molar refractivity (Wildman–Crippen MR) is 98.7 cm³/mol. The molecular weight excluding hydrogens is 320 g/mol. The van der Waals surface area contributed by atoms with E-state index in [9.17, 15) is 4.79 Å². The van der Waals surface area contributed by atoms with Crippen molar-refractivity contribution in [2.75, 3.05) is 5.32 Å². The fourth-order valence-electron chi connectivity index (χ4n) is 2.05. The largest absolute Gasteiger partial charge is 0.457 e. The van der Waals surface area contributed by atoms with E-state index < -0.39 is 0 Å². The number of amides is 1. The van der Waals surface area contributed by atoms with Gasteiger partial charge in [-0.05, 0) is 31.2 Å². The number of nitrogens with one attached hydrogen (secondary N) is 1. The Hall–Kier alpha value is -2.92. The Balaban J connectivity index is 1.75. The topological polar surface area (TPSA) is 51.2 Å². The molecule has 0 aliphatic rings. The second kappa shape index (κ2) is 7.57. The lowest BCUT2D eigenvalue weighted by Crippen LogP contribution is -2.06. The number of fused-ring (bicyclic) bond motifs is 1. The first-order chi connectivity index (χ1) is 11.7. The van der Waals surface area contributed by atoms with Gasteiger partial charge in [-0.2, -0.15) is 0 Å². The number of hydrogen-bond acceptors (Lipinski definition) is 4. The molecule has 4 nitrogen and oxygen atoms in total. The molecule has 2 aromatic carbocycles. The SMILES string of the molecule is C/C=C/C=C/C(=O)Nc1nc2ccc(Oc3ccccc3)cc2s1. The van der Waals surface area contributed by atoms with Gasteiger partial charge in [0.1, 0.15) is 11.5 Å². The Morgan fingerprint density at radius 1 is 1.12 bits per heavy atom. The van der Waals surface area contributed by atoms with Crippen LogP contribution in [-0.4, -0.2) is 10.9 Å². The lowest BCUT2D eigenvalue weighted by atomic mass is 10.3. The van der Waals surface area contributed by atoms with Crippen molar-refractivity contribution in [2.24, 2.45) is 0 Å². The number of rotatable bonds is 5. The normalized spacial score (nSPS) is 11.4. The van der Waals surface area contributed by atoms with Gasteiger partial charge in [-0.15, -0.1) is 0 Å². The van der Waals surface area contributed by atoms with Crippen molar-refractivity contribution in [1.29, 1.82) is 0 Å². The second-order valence-corrected chi connectivity index (χ2v) is 5.97. The first-order valence-corrected chi connectivity index (χ1v) is 8.30. The van der Waals surface area contributed by atoms with Crippen LogP contribution in [0.1, 0.15) is 6.92 Å². The molecular formula is C19H16N2O2S. The summed E-state index contributed by atoms with van der Waals surface area (Å²) in [5.41, 5.74) is 0.827. The Morgan fingerprint density at radius 3 is 2.75 bits per heavy atom. The quantitative estimate of drug-likeness (QED) is 0.517. The van der Waals surface area contributed by atoms with Crippen LogP contribution in [0.3, 0.4) is 0 Å². The highest BCUT2D eigenvalue weighted by atomic mass is 32.1. The second-order valence-electron chi connectivity index (χ2n) is 4.94.